The lowest BCUT2D eigenvalue weighted by molar-refractivity contribution is 0.636. The zero-order valence-corrected chi connectivity index (χ0v) is 10.8. The van der Waals surface area contributed by atoms with Crippen LogP contribution < -0.4 is 5.32 Å². The van der Waals surface area contributed by atoms with Gasteiger partial charge in [0.05, 0.1) is 11.6 Å². The first-order chi connectivity index (χ1) is 8.31. The molecule has 0 spiro atoms. The minimum atomic E-state index is 0.768. The van der Waals surface area contributed by atoms with Crippen LogP contribution in [0.1, 0.15) is 28.4 Å². The monoisotopic (exact) mass is 247 g/mol. The molecule has 0 aliphatic heterocycles. The molecule has 2 heterocycles. The van der Waals surface area contributed by atoms with Crippen molar-refractivity contribution in [2.75, 3.05) is 0 Å². The summed E-state index contributed by atoms with van der Waals surface area (Å²) in [4.78, 5) is 5.63. The molecule has 3 nitrogen and oxygen atoms in total. The van der Waals surface area contributed by atoms with E-state index in [0.717, 1.165) is 24.1 Å². The molecule has 1 aliphatic rings. The zero-order chi connectivity index (χ0) is 11.7. The van der Waals surface area contributed by atoms with Crippen LogP contribution in [0.5, 0.6) is 0 Å². The van der Waals surface area contributed by atoms with E-state index in [-0.39, 0.29) is 0 Å². The van der Waals surface area contributed by atoms with Gasteiger partial charge in [0, 0.05) is 35.6 Å². The topological polar surface area (TPSA) is 29.9 Å². The third-order valence-corrected chi connectivity index (χ3v) is 3.97. The van der Waals surface area contributed by atoms with E-state index in [1.807, 2.05) is 6.20 Å². The Morgan fingerprint density at radius 2 is 2.41 bits per heavy atom. The smallest absolute Gasteiger partial charge is 0.0897 e. The highest BCUT2D eigenvalue weighted by atomic mass is 32.1. The van der Waals surface area contributed by atoms with Crippen LogP contribution in [0.25, 0.3) is 0 Å². The standard InChI is InChI=1S/C13H17N3S/c1-10-14-8-13(17-10)9-16-6-2-3-12(16)7-15-11-4-5-11/h2-3,6,8,11,15H,4-5,7,9H2,1H3. The second-order valence-electron chi connectivity index (χ2n) is 4.63. The molecule has 2 aromatic rings. The summed E-state index contributed by atoms with van der Waals surface area (Å²) in [7, 11) is 0. The maximum Gasteiger partial charge on any atom is 0.0897 e. The lowest BCUT2D eigenvalue weighted by Gasteiger charge is -2.08. The molecule has 0 bridgehead atoms. The third-order valence-electron chi connectivity index (χ3n) is 3.07. The summed E-state index contributed by atoms with van der Waals surface area (Å²) in [6.07, 6.45) is 6.82. The second-order valence-corrected chi connectivity index (χ2v) is 5.95. The number of aryl methyl sites for hydroxylation is 1. The van der Waals surface area contributed by atoms with E-state index >= 15 is 0 Å². The fourth-order valence-electron chi connectivity index (χ4n) is 1.95. The number of thiazole rings is 1. The molecule has 17 heavy (non-hydrogen) atoms. The summed E-state index contributed by atoms with van der Waals surface area (Å²) >= 11 is 1.78. The maximum atomic E-state index is 4.30. The Bertz CT molecular complexity index is 496. The van der Waals surface area contributed by atoms with Gasteiger partial charge in [-0.3, -0.25) is 0 Å². The Labute approximate surface area is 106 Å². The predicted molar refractivity (Wildman–Crippen MR) is 70.2 cm³/mol. The first-order valence-corrected chi connectivity index (χ1v) is 6.91. The predicted octanol–water partition coefficient (Wildman–Crippen LogP) is 2.55. The number of nitrogens with zero attached hydrogens (tertiary/aromatic N) is 2. The molecule has 0 unspecified atom stereocenters. The Morgan fingerprint density at radius 3 is 3.12 bits per heavy atom. The average Bonchev–Trinajstić information content (AvgIpc) is 2.90. The molecule has 0 radical (unpaired) electrons. The normalized spacial score (nSPS) is 15.4. The van der Waals surface area contributed by atoms with Crippen LogP contribution in [0.15, 0.2) is 24.5 Å². The van der Waals surface area contributed by atoms with Gasteiger partial charge in [0.25, 0.3) is 0 Å². The summed E-state index contributed by atoms with van der Waals surface area (Å²) in [6.45, 7) is 3.98. The van der Waals surface area contributed by atoms with Gasteiger partial charge in [-0.1, -0.05) is 0 Å². The van der Waals surface area contributed by atoms with Gasteiger partial charge < -0.3 is 9.88 Å². The van der Waals surface area contributed by atoms with Crippen LogP contribution in [0.3, 0.4) is 0 Å². The molecule has 3 rings (SSSR count). The van der Waals surface area contributed by atoms with Gasteiger partial charge in [0.2, 0.25) is 0 Å². The number of hydrogen-bond donors (Lipinski definition) is 1. The van der Waals surface area contributed by atoms with Crippen molar-refractivity contribution in [3.8, 4) is 0 Å². The van der Waals surface area contributed by atoms with Crippen molar-refractivity contribution in [2.24, 2.45) is 0 Å². The van der Waals surface area contributed by atoms with Gasteiger partial charge in [-0.2, -0.15) is 0 Å². The van der Waals surface area contributed by atoms with Gasteiger partial charge in [-0.25, -0.2) is 4.98 Å². The molecule has 1 saturated carbocycles. The van der Waals surface area contributed by atoms with Crippen LogP contribution in [0.4, 0.5) is 0 Å². The number of rotatable bonds is 5. The fourth-order valence-corrected chi connectivity index (χ4v) is 2.74. The number of hydrogen-bond acceptors (Lipinski definition) is 3. The molecular weight excluding hydrogens is 230 g/mol. The van der Waals surface area contributed by atoms with Crippen LogP contribution in [0, 0.1) is 6.92 Å². The lowest BCUT2D eigenvalue weighted by Crippen LogP contribution is -2.18. The van der Waals surface area contributed by atoms with Crippen molar-refractivity contribution in [2.45, 2.75) is 38.9 Å². The molecular formula is C13H17N3S. The van der Waals surface area contributed by atoms with Gasteiger partial charge in [0.1, 0.15) is 0 Å². The molecule has 1 N–H and O–H groups in total. The van der Waals surface area contributed by atoms with Crippen LogP contribution in [-0.4, -0.2) is 15.6 Å². The van der Waals surface area contributed by atoms with E-state index in [4.69, 9.17) is 0 Å². The average molecular weight is 247 g/mol. The highest BCUT2D eigenvalue weighted by molar-refractivity contribution is 7.11. The van der Waals surface area contributed by atoms with Crippen molar-refractivity contribution < 1.29 is 0 Å². The van der Waals surface area contributed by atoms with E-state index in [1.54, 1.807) is 11.3 Å². The Morgan fingerprint density at radius 1 is 1.53 bits per heavy atom. The van der Waals surface area contributed by atoms with Gasteiger partial charge in [-0.05, 0) is 31.9 Å². The number of aromatic nitrogens is 2. The maximum absolute atomic E-state index is 4.30. The molecule has 0 aromatic carbocycles. The first kappa shape index (κ1) is 11.0. The zero-order valence-electron chi connectivity index (χ0n) is 10.0. The SMILES string of the molecule is Cc1ncc(Cn2cccc2CNC2CC2)s1. The van der Waals surface area contributed by atoms with Crippen molar-refractivity contribution in [3.63, 3.8) is 0 Å². The highest BCUT2D eigenvalue weighted by Gasteiger charge is 2.20. The Hall–Kier alpha value is -1.13. The molecule has 0 amide bonds. The molecule has 90 valence electrons. The van der Waals surface area contributed by atoms with E-state index in [9.17, 15) is 0 Å². The van der Waals surface area contributed by atoms with E-state index in [0.29, 0.717) is 0 Å². The molecule has 4 heteroatoms. The number of nitrogens with one attached hydrogen (secondary N) is 1. The van der Waals surface area contributed by atoms with Crippen LogP contribution >= 0.6 is 11.3 Å². The summed E-state index contributed by atoms with van der Waals surface area (Å²) in [5.74, 6) is 0. The quantitative estimate of drug-likeness (QED) is 0.880. The molecule has 0 saturated heterocycles. The van der Waals surface area contributed by atoms with Crippen molar-refractivity contribution in [1.29, 1.82) is 0 Å². The van der Waals surface area contributed by atoms with Gasteiger partial charge >= 0.3 is 0 Å². The lowest BCUT2D eigenvalue weighted by atomic mass is 10.4. The second kappa shape index (κ2) is 4.63. The minimum Gasteiger partial charge on any atom is -0.345 e. The summed E-state index contributed by atoms with van der Waals surface area (Å²) < 4.78 is 2.31. The Balaban J connectivity index is 1.67. The van der Waals surface area contributed by atoms with E-state index < -0.39 is 0 Å². The molecule has 2 aromatic heterocycles. The van der Waals surface area contributed by atoms with Gasteiger partial charge in [0.15, 0.2) is 0 Å². The molecule has 0 atom stereocenters. The van der Waals surface area contributed by atoms with Crippen molar-refractivity contribution in [3.05, 3.63) is 40.1 Å². The summed E-state index contributed by atoms with van der Waals surface area (Å²) in [5.41, 5.74) is 1.36. The van der Waals surface area contributed by atoms with Crippen molar-refractivity contribution >= 4 is 11.3 Å². The van der Waals surface area contributed by atoms with Crippen LogP contribution in [0.2, 0.25) is 0 Å². The molecule has 1 aliphatic carbocycles. The highest BCUT2D eigenvalue weighted by Crippen LogP contribution is 2.20. The van der Waals surface area contributed by atoms with Gasteiger partial charge in [-0.15, -0.1) is 11.3 Å². The molecule has 1 fully saturated rings. The summed E-state index contributed by atoms with van der Waals surface area (Å²) in [5, 5.41) is 4.70. The Kier molecular flexibility index (Phi) is 2.99. The van der Waals surface area contributed by atoms with E-state index in [2.05, 4.69) is 40.1 Å². The van der Waals surface area contributed by atoms with Crippen molar-refractivity contribution in [1.82, 2.24) is 14.9 Å². The first-order valence-electron chi connectivity index (χ1n) is 6.10. The minimum absolute atomic E-state index is 0.768. The van der Waals surface area contributed by atoms with Crippen LogP contribution in [-0.2, 0) is 13.1 Å². The largest absolute Gasteiger partial charge is 0.345 e. The summed E-state index contributed by atoms with van der Waals surface area (Å²) in [6, 6.07) is 5.09. The fraction of sp³-hybridized carbons (Fsp3) is 0.462. The van der Waals surface area contributed by atoms with E-state index in [1.165, 1.54) is 23.4 Å². The third kappa shape index (κ3) is 2.76.